The summed E-state index contributed by atoms with van der Waals surface area (Å²) >= 11 is 0. The average molecular weight is 345 g/mol. The van der Waals surface area contributed by atoms with Gasteiger partial charge in [-0.05, 0) is 31.7 Å². The molecule has 1 amide bonds. The van der Waals surface area contributed by atoms with Gasteiger partial charge in [0.1, 0.15) is 6.54 Å². The Labute approximate surface area is 144 Å². The highest BCUT2D eigenvalue weighted by molar-refractivity contribution is 5.76. The van der Waals surface area contributed by atoms with Crippen LogP contribution in [-0.2, 0) is 17.8 Å². The van der Waals surface area contributed by atoms with Crippen molar-refractivity contribution in [2.75, 3.05) is 13.1 Å². The van der Waals surface area contributed by atoms with Crippen LogP contribution in [0.25, 0.3) is 0 Å². The summed E-state index contributed by atoms with van der Waals surface area (Å²) in [6, 6.07) is 0. The van der Waals surface area contributed by atoms with E-state index in [-0.39, 0.29) is 18.4 Å². The van der Waals surface area contributed by atoms with Crippen molar-refractivity contribution < 1.29 is 4.79 Å². The smallest absolute Gasteiger partial charge is 0.328 e. The number of aromatic amines is 2. The highest BCUT2D eigenvalue weighted by atomic mass is 16.2. The molecular weight excluding hydrogens is 322 g/mol. The van der Waals surface area contributed by atoms with Crippen LogP contribution in [0.4, 0.5) is 0 Å². The Balaban J connectivity index is 1.73. The van der Waals surface area contributed by atoms with E-state index >= 15 is 0 Å². The molecule has 1 saturated heterocycles. The van der Waals surface area contributed by atoms with Gasteiger partial charge in [-0.25, -0.2) is 4.79 Å². The first-order valence-electron chi connectivity index (χ1n) is 8.60. The minimum absolute atomic E-state index is 0.0627. The quantitative estimate of drug-likeness (QED) is 0.844. The summed E-state index contributed by atoms with van der Waals surface area (Å²) in [6.07, 6.45) is 6.11. The third kappa shape index (κ3) is 3.57. The molecule has 1 atom stereocenters. The number of amides is 1. The summed E-state index contributed by atoms with van der Waals surface area (Å²) < 4.78 is 1.26. The second-order valence-electron chi connectivity index (χ2n) is 6.54. The lowest BCUT2D eigenvalue weighted by Gasteiger charge is -2.33. The normalized spacial score (nSPS) is 17.7. The Morgan fingerprint density at radius 1 is 1.40 bits per heavy atom. The molecule has 2 N–H and O–H groups in total. The third-order valence-electron chi connectivity index (χ3n) is 4.81. The average Bonchev–Trinajstić information content (AvgIpc) is 3.08. The van der Waals surface area contributed by atoms with E-state index in [9.17, 15) is 14.4 Å². The molecule has 8 heteroatoms. The van der Waals surface area contributed by atoms with Crippen molar-refractivity contribution in [3.05, 3.63) is 50.1 Å². The monoisotopic (exact) mass is 345 g/mol. The van der Waals surface area contributed by atoms with Crippen LogP contribution in [-0.4, -0.2) is 43.6 Å². The summed E-state index contributed by atoms with van der Waals surface area (Å²) in [4.78, 5) is 40.0. The van der Waals surface area contributed by atoms with Gasteiger partial charge in [0.2, 0.25) is 5.91 Å². The van der Waals surface area contributed by atoms with Gasteiger partial charge < -0.3 is 4.90 Å². The maximum Gasteiger partial charge on any atom is 0.328 e. The Bertz CT molecular complexity index is 879. The maximum absolute atomic E-state index is 12.6. The molecule has 0 saturated carbocycles. The predicted octanol–water partition coefficient (Wildman–Crippen LogP) is 0.537. The van der Waals surface area contributed by atoms with Gasteiger partial charge in [-0.1, -0.05) is 6.92 Å². The second kappa shape index (κ2) is 7.08. The van der Waals surface area contributed by atoms with Crippen molar-refractivity contribution in [3.63, 3.8) is 0 Å². The van der Waals surface area contributed by atoms with Gasteiger partial charge in [0.25, 0.3) is 5.56 Å². The largest absolute Gasteiger partial charge is 0.340 e. The molecule has 0 aliphatic carbocycles. The molecule has 0 radical (unpaired) electrons. The van der Waals surface area contributed by atoms with E-state index in [1.54, 1.807) is 11.8 Å². The summed E-state index contributed by atoms with van der Waals surface area (Å²) in [5.74, 6) is 0.125. The van der Waals surface area contributed by atoms with Crippen LogP contribution in [0.2, 0.25) is 0 Å². The van der Waals surface area contributed by atoms with Gasteiger partial charge in [0.15, 0.2) is 0 Å². The predicted molar refractivity (Wildman–Crippen MR) is 92.6 cm³/mol. The Morgan fingerprint density at radius 2 is 2.20 bits per heavy atom. The third-order valence-corrected chi connectivity index (χ3v) is 4.81. The first-order chi connectivity index (χ1) is 12.0. The molecule has 1 aliphatic heterocycles. The zero-order chi connectivity index (χ0) is 18.0. The van der Waals surface area contributed by atoms with Crippen molar-refractivity contribution in [2.24, 2.45) is 0 Å². The van der Waals surface area contributed by atoms with Crippen molar-refractivity contribution >= 4 is 5.91 Å². The van der Waals surface area contributed by atoms with E-state index < -0.39 is 11.2 Å². The number of aryl methyl sites for hydroxylation is 2. The van der Waals surface area contributed by atoms with Crippen LogP contribution in [0.3, 0.4) is 0 Å². The lowest BCUT2D eigenvalue weighted by atomic mass is 9.92. The number of likely N-dealkylation sites (tertiary alicyclic amines) is 1. The van der Waals surface area contributed by atoms with E-state index in [1.807, 2.05) is 6.20 Å². The van der Waals surface area contributed by atoms with Crippen LogP contribution in [0.1, 0.15) is 42.5 Å². The van der Waals surface area contributed by atoms with Crippen LogP contribution in [0, 0.1) is 6.92 Å². The molecule has 2 aromatic heterocycles. The number of hydrogen-bond donors (Lipinski definition) is 2. The zero-order valence-electron chi connectivity index (χ0n) is 14.5. The molecule has 3 heterocycles. The van der Waals surface area contributed by atoms with E-state index in [0.717, 1.165) is 25.0 Å². The van der Waals surface area contributed by atoms with Gasteiger partial charge >= 0.3 is 5.69 Å². The van der Waals surface area contributed by atoms with Gasteiger partial charge in [-0.3, -0.25) is 24.2 Å². The lowest BCUT2D eigenvalue weighted by Crippen LogP contribution is -2.43. The Morgan fingerprint density at radius 3 is 2.96 bits per heavy atom. The van der Waals surface area contributed by atoms with Crippen molar-refractivity contribution in [1.82, 2.24) is 24.6 Å². The number of hydrogen-bond acceptors (Lipinski definition) is 4. The van der Waals surface area contributed by atoms with Crippen molar-refractivity contribution in [3.8, 4) is 0 Å². The van der Waals surface area contributed by atoms with Crippen molar-refractivity contribution in [1.29, 1.82) is 0 Å². The minimum Gasteiger partial charge on any atom is -0.340 e. The number of rotatable bonds is 4. The molecule has 25 heavy (non-hydrogen) atoms. The molecule has 8 nitrogen and oxygen atoms in total. The Kier molecular flexibility index (Phi) is 4.87. The van der Waals surface area contributed by atoms with Gasteiger partial charge in [0, 0.05) is 36.5 Å². The summed E-state index contributed by atoms with van der Waals surface area (Å²) in [7, 11) is 0. The van der Waals surface area contributed by atoms with E-state index in [1.165, 1.54) is 16.3 Å². The van der Waals surface area contributed by atoms with Crippen LogP contribution in [0.15, 0.2) is 22.0 Å². The fourth-order valence-electron chi connectivity index (χ4n) is 3.38. The molecule has 1 unspecified atom stereocenters. The molecule has 134 valence electrons. The first-order valence-corrected chi connectivity index (χ1v) is 8.60. The maximum atomic E-state index is 12.6. The van der Waals surface area contributed by atoms with Gasteiger partial charge in [-0.15, -0.1) is 0 Å². The fraction of sp³-hybridized carbons (Fsp3) is 0.529. The number of nitrogens with zero attached hydrogens (tertiary/aromatic N) is 3. The topological polar surface area (TPSA) is 104 Å². The first kappa shape index (κ1) is 17.2. The molecule has 2 aromatic rings. The number of piperidine rings is 1. The lowest BCUT2D eigenvalue weighted by molar-refractivity contribution is -0.133. The summed E-state index contributed by atoms with van der Waals surface area (Å²) in [6.45, 7) is 4.94. The van der Waals surface area contributed by atoms with Gasteiger partial charge in [-0.2, -0.15) is 5.10 Å². The summed E-state index contributed by atoms with van der Waals surface area (Å²) in [5, 5.41) is 7.20. The standard InChI is InChI=1S/C17H23N5O3/c1-3-12-7-18-20-15(12)13-5-4-6-21(9-13)14(23)10-22-8-11(2)16(24)19-17(22)25/h7-8,13H,3-6,9-10H2,1-2H3,(H,18,20)(H,19,24,25). The molecule has 1 fully saturated rings. The SMILES string of the molecule is CCc1cn[nH]c1C1CCCN(C(=O)Cn2cc(C)c(=O)[nH]c2=O)C1. The zero-order valence-corrected chi connectivity index (χ0v) is 14.5. The number of carbonyl (C=O) groups excluding carboxylic acids is 1. The second-order valence-corrected chi connectivity index (χ2v) is 6.54. The highest BCUT2D eigenvalue weighted by Gasteiger charge is 2.27. The van der Waals surface area contributed by atoms with Crippen LogP contribution >= 0.6 is 0 Å². The number of aromatic nitrogens is 4. The number of H-pyrrole nitrogens is 2. The Hall–Kier alpha value is -2.64. The van der Waals surface area contributed by atoms with Crippen LogP contribution < -0.4 is 11.2 Å². The highest BCUT2D eigenvalue weighted by Crippen LogP contribution is 2.28. The van der Waals surface area contributed by atoms with Crippen molar-refractivity contribution in [2.45, 2.75) is 45.6 Å². The van der Waals surface area contributed by atoms with Crippen LogP contribution in [0.5, 0.6) is 0 Å². The molecule has 1 aliphatic rings. The molecular formula is C17H23N5O3. The molecule has 0 aromatic carbocycles. The molecule has 0 spiro atoms. The molecule has 0 bridgehead atoms. The minimum atomic E-state index is -0.556. The van der Waals surface area contributed by atoms with Gasteiger partial charge in [0.05, 0.1) is 6.20 Å². The van der Waals surface area contributed by atoms with E-state index in [0.29, 0.717) is 18.7 Å². The van der Waals surface area contributed by atoms with E-state index in [4.69, 9.17) is 0 Å². The number of carbonyl (C=O) groups is 1. The van der Waals surface area contributed by atoms with E-state index in [2.05, 4.69) is 22.1 Å². The fourth-order valence-corrected chi connectivity index (χ4v) is 3.38. The number of nitrogens with one attached hydrogen (secondary N) is 2. The summed E-state index contributed by atoms with van der Waals surface area (Å²) in [5.41, 5.74) is 1.73. The molecule has 3 rings (SSSR count).